The molecule has 1 aliphatic carbocycles. The molecule has 4 aromatic rings. The van der Waals surface area contributed by atoms with Gasteiger partial charge in [0.05, 0.1) is 16.4 Å². The standard InChI is InChI=1S/C23H17ClN4O3S/c24-16-6-7-19-18(9-16)28(21(29)11-30-19)10-20-26-22(27-31-20)15-3-1-2-14(8-15)17-12-32-23(25-17)13-4-5-13/h1-3,6-9,12-13H,4-5,10-11H2. The smallest absolute Gasteiger partial charge is 0.265 e. The van der Waals surface area contributed by atoms with Crippen molar-refractivity contribution < 1.29 is 14.1 Å². The van der Waals surface area contributed by atoms with Crippen LogP contribution in [0, 0.1) is 0 Å². The van der Waals surface area contributed by atoms with Crippen LogP contribution in [0.3, 0.4) is 0 Å². The Labute approximate surface area is 192 Å². The molecule has 0 N–H and O–H groups in total. The summed E-state index contributed by atoms with van der Waals surface area (Å²) in [4.78, 5) is 23.3. The van der Waals surface area contributed by atoms with Gasteiger partial charge in [-0.25, -0.2) is 4.98 Å². The molecular formula is C23H17ClN4O3S. The Hall–Kier alpha value is -3.23. The van der Waals surface area contributed by atoms with E-state index in [4.69, 9.17) is 25.8 Å². The molecule has 0 radical (unpaired) electrons. The van der Waals surface area contributed by atoms with Crippen molar-refractivity contribution in [3.63, 3.8) is 0 Å². The van der Waals surface area contributed by atoms with E-state index in [-0.39, 0.29) is 19.1 Å². The molecule has 2 aromatic carbocycles. The monoisotopic (exact) mass is 464 g/mol. The van der Waals surface area contributed by atoms with Crippen molar-refractivity contribution in [1.82, 2.24) is 15.1 Å². The quantitative estimate of drug-likeness (QED) is 0.397. The number of nitrogens with zero attached hydrogens (tertiary/aromatic N) is 4. The Morgan fingerprint density at radius 1 is 1.12 bits per heavy atom. The van der Waals surface area contributed by atoms with Crippen molar-refractivity contribution in [3.8, 4) is 28.4 Å². The molecule has 160 valence electrons. The van der Waals surface area contributed by atoms with Gasteiger partial charge in [-0.05, 0) is 37.1 Å². The van der Waals surface area contributed by atoms with Gasteiger partial charge in [0, 0.05) is 27.4 Å². The fourth-order valence-electron chi connectivity index (χ4n) is 3.68. The van der Waals surface area contributed by atoms with Crippen molar-refractivity contribution in [3.05, 3.63) is 63.8 Å². The Morgan fingerprint density at radius 3 is 2.88 bits per heavy atom. The SMILES string of the molecule is O=C1COc2ccc(Cl)cc2N1Cc1nc(-c2cccc(-c3csc(C4CC4)n3)c2)no1. The fraction of sp³-hybridized carbons (Fsp3) is 0.217. The summed E-state index contributed by atoms with van der Waals surface area (Å²) in [7, 11) is 0. The molecule has 9 heteroatoms. The van der Waals surface area contributed by atoms with Gasteiger partial charge in [-0.1, -0.05) is 35.0 Å². The Balaban J connectivity index is 1.26. The predicted octanol–water partition coefficient (Wildman–Crippen LogP) is 5.32. The zero-order chi connectivity index (χ0) is 21.7. The lowest BCUT2D eigenvalue weighted by atomic mass is 10.1. The van der Waals surface area contributed by atoms with E-state index in [2.05, 4.69) is 15.5 Å². The van der Waals surface area contributed by atoms with Gasteiger partial charge in [0.1, 0.15) is 12.3 Å². The maximum absolute atomic E-state index is 12.5. The molecule has 32 heavy (non-hydrogen) atoms. The number of anilines is 1. The summed E-state index contributed by atoms with van der Waals surface area (Å²) in [5.74, 6) is 1.83. The lowest BCUT2D eigenvalue weighted by Crippen LogP contribution is -2.38. The number of halogens is 1. The third-order valence-electron chi connectivity index (χ3n) is 5.49. The molecule has 0 bridgehead atoms. The van der Waals surface area contributed by atoms with Gasteiger partial charge in [0.15, 0.2) is 6.61 Å². The zero-order valence-electron chi connectivity index (χ0n) is 16.8. The van der Waals surface area contributed by atoms with Crippen LogP contribution in [0.5, 0.6) is 5.75 Å². The number of hydrogen-bond acceptors (Lipinski definition) is 7. The van der Waals surface area contributed by atoms with Gasteiger partial charge in [-0.2, -0.15) is 4.98 Å². The van der Waals surface area contributed by atoms with Crippen LogP contribution in [0.15, 0.2) is 52.4 Å². The number of hydrogen-bond donors (Lipinski definition) is 0. The molecule has 3 heterocycles. The van der Waals surface area contributed by atoms with Crippen LogP contribution in [0.1, 0.15) is 29.7 Å². The van der Waals surface area contributed by atoms with Crippen LogP contribution in [0.25, 0.3) is 22.6 Å². The van der Waals surface area contributed by atoms with E-state index in [1.54, 1.807) is 34.4 Å². The summed E-state index contributed by atoms with van der Waals surface area (Å²) in [5.41, 5.74) is 3.40. The number of carbonyl (C=O) groups excluding carboxylic acids is 1. The van der Waals surface area contributed by atoms with Crippen molar-refractivity contribution in [2.75, 3.05) is 11.5 Å². The van der Waals surface area contributed by atoms with Crippen LogP contribution in [-0.4, -0.2) is 27.6 Å². The largest absolute Gasteiger partial charge is 0.482 e. The fourth-order valence-corrected chi connectivity index (χ4v) is 4.84. The average Bonchev–Trinajstić information content (AvgIpc) is 3.34. The first kappa shape index (κ1) is 19.5. The van der Waals surface area contributed by atoms with E-state index in [9.17, 15) is 4.79 Å². The van der Waals surface area contributed by atoms with E-state index in [0.29, 0.717) is 34.1 Å². The number of amides is 1. The van der Waals surface area contributed by atoms with Crippen molar-refractivity contribution in [1.29, 1.82) is 0 Å². The molecule has 7 nitrogen and oxygen atoms in total. The third kappa shape index (κ3) is 3.65. The molecule has 6 rings (SSSR count). The summed E-state index contributed by atoms with van der Waals surface area (Å²) in [6, 6.07) is 13.1. The second kappa shape index (κ2) is 7.72. The Kier molecular flexibility index (Phi) is 4.69. The zero-order valence-corrected chi connectivity index (χ0v) is 18.4. The highest BCUT2D eigenvalue weighted by molar-refractivity contribution is 7.10. The first-order valence-electron chi connectivity index (χ1n) is 10.3. The summed E-state index contributed by atoms with van der Waals surface area (Å²) < 4.78 is 10.9. The van der Waals surface area contributed by atoms with Crippen molar-refractivity contribution in [2.45, 2.75) is 25.3 Å². The molecule has 1 fully saturated rings. The van der Waals surface area contributed by atoms with Gasteiger partial charge in [0.2, 0.25) is 11.7 Å². The highest BCUT2D eigenvalue weighted by Crippen LogP contribution is 2.42. The van der Waals surface area contributed by atoms with Gasteiger partial charge in [0.25, 0.3) is 5.91 Å². The normalized spacial score (nSPS) is 15.5. The van der Waals surface area contributed by atoms with Crippen LogP contribution in [0.4, 0.5) is 5.69 Å². The number of benzene rings is 2. The second-order valence-electron chi connectivity index (χ2n) is 7.82. The number of ether oxygens (including phenoxy) is 1. The van der Waals surface area contributed by atoms with Crippen LogP contribution >= 0.6 is 22.9 Å². The van der Waals surface area contributed by atoms with Crippen molar-refractivity contribution in [2.24, 2.45) is 0 Å². The first-order chi connectivity index (χ1) is 15.6. The van der Waals surface area contributed by atoms with Crippen LogP contribution < -0.4 is 9.64 Å². The van der Waals surface area contributed by atoms with E-state index >= 15 is 0 Å². The molecule has 0 saturated heterocycles. The van der Waals surface area contributed by atoms with Gasteiger partial charge in [-0.3, -0.25) is 9.69 Å². The predicted molar refractivity (Wildman–Crippen MR) is 121 cm³/mol. The molecular weight excluding hydrogens is 448 g/mol. The number of thiazole rings is 1. The highest BCUT2D eigenvalue weighted by Gasteiger charge is 2.28. The maximum atomic E-state index is 12.5. The van der Waals surface area contributed by atoms with E-state index < -0.39 is 0 Å². The molecule has 1 saturated carbocycles. The molecule has 0 unspecified atom stereocenters. The van der Waals surface area contributed by atoms with Gasteiger partial charge in [-0.15, -0.1) is 11.3 Å². The van der Waals surface area contributed by atoms with E-state index in [1.165, 1.54) is 17.8 Å². The minimum atomic E-state index is -0.198. The lowest BCUT2D eigenvalue weighted by Gasteiger charge is -2.28. The maximum Gasteiger partial charge on any atom is 0.265 e. The topological polar surface area (TPSA) is 81.4 Å². The van der Waals surface area contributed by atoms with Crippen LogP contribution in [0.2, 0.25) is 5.02 Å². The number of rotatable bonds is 5. The van der Waals surface area contributed by atoms with Gasteiger partial charge < -0.3 is 9.26 Å². The highest BCUT2D eigenvalue weighted by atomic mass is 35.5. The molecule has 0 atom stereocenters. The number of carbonyl (C=O) groups is 1. The summed E-state index contributed by atoms with van der Waals surface area (Å²) in [5, 5.41) is 7.95. The molecule has 2 aromatic heterocycles. The summed E-state index contributed by atoms with van der Waals surface area (Å²) in [6.07, 6.45) is 2.47. The second-order valence-corrected chi connectivity index (χ2v) is 9.14. The Morgan fingerprint density at radius 2 is 2.00 bits per heavy atom. The number of aromatic nitrogens is 3. The van der Waals surface area contributed by atoms with E-state index in [0.717, 1.165) is 16.8 Å². The minimum absolute atomic E-state index is 0.0475. The summed E-state index contributed by atoms with van der Waals surface area (Å²) in [6.45, 7) is 0.0905. The van der Waals surface area contributed by atoms with Crippen molar-refractivity contribution >= 4 is 34.5 Å². The lowest BCUT2D eigenvalue weighted by molar-refractivity contribution is -0.121. The molecule has 1 aliphatic heterocycles. The molecule has 0 spiro atoms. The Bertz CT molecular complexity index is 1330. The number of fused-ring (bicyclic) bond motifs is 1. The van der Waals surface area contributed by atoms with Crippen LogP contribution in [-0.2, 0) is 11.3 Å². The first-order valence-corrected chi connectivity index (χ1v) is 11.5. The molecule has 1 amide bonds. The third-order valence-corrected chi connectivity index (χ3v) is 6.73. The summed E-state index contributed by atoms with van der Waals surface area (Å²) >= 11 is 7.83. The molecule has 2 aliphatic rings. The van der Waals surface area contributed by atoms with Gasteiger partial charge >= 0.3 is 0 Å². The van der Waals surface area contributed by atoms with E-state index in [1.807, 2.05) is 24.3 Å². The average molecular weight is 465 g/mol. The minimum Gasteiger partial charge on any atom is -0.482 e.